The zero-order valence-corrected chi connectivity index (χ0v) is 11.1. The van der Waals surface area contributed by atoms with E-state index >= 15 is 0 Å². The molecule has 1 rings (SSSR count). The quantitative estimate of drug-likeness (QED) is 0.797. The molecule has 0 radical (unpaired) electrons. The Morgan fingerprint density at radius 1 is 1.32 bits per heavy atom. The standard InChI is InChI=1S/C14H20F2N2O/c1-2-3-13(17)9-14(19)18-5-4-10-6-11(15)8-12(16)7-10/h6-8,13H,2-5,9,17H2,1H3,(H,18,19). The maximum atomic E-state index is 12.9. The molecule has 1 aromatic carbocycles. The number of carbonyl (C=O) groups is 1. The Labute approximate surface area is 112 Å². The van der Waals surface area contributed by atoms with Crippen LogP contribution in [0.1, 0.15) is 31.7 Å². The minimum Gasteiger partial charge on any atom is -0.356 e. The molecule has 0 fully saturated rings. The third-order valence-electron chi connectivity index (χ3n) is 2.77. The van der Waals surface area contributed by atoms with Crippen molar-refractivity contribution in [3.8, 4) is 0 Å². The molecule has 0 aliphatic carbocycles. The van der Waals surface area contributed by atoms with Gasteiger partial charge in [-0.15, -0.1) is 0 Å². The zero-order valence-electron chi connectivity index (χ0n) is 11.1. The van der Waals surface area contributed by atoms with Gasteiger partial charge in [0.2, 0.25) is 5.91 Å². The predicted octanol–water partition coefficient (Wildman–Crippen LogP) is 2.14. The number of carbonyl (C=O) groups excluding carboxylic acids is 1. The zero-order chi connectivity index (χ0) is 14.3. The van der Waals surface area contributed by atoms with Crippen LogP contribution in [0.2, 0.25) is 0 Å². The van der Waals surface area contributed by atoms with E-state index in [0.717, 1.165) is 18.9 Å². The second-order valence-electron chi connectivity index (χ2n) is 4.63. The summed E-state index contributed by atoms with van der Waals surface area (Å²) in [4.78, 5) is 11.5. The Morgan fingerprint density at radius 3 is 2.53 bits per heavy atom. The van der Waals surface area contributed by atoms with E-state index in [2.05, 4.69) is 5.32 Å². The molecule has 1 unspecified atom stereocenters. The average Bonchev–Trinajstić information content (AvgIpc) is 2.27. The molecule has 0 aromatic heterocycles. The van der Waals surface area contributed by atoms with Gasteiger partial charge in [0, 0.05) is 25.1 Å². The fourth-order valence-electron chi connectivity index (χ4n) is 1.88. The van der Waals surface area contributed by atoms with Crippen molar-refractivity contribution in [1.29, 1.82) is 0 Å². The molecule has 3 nitrogen and oxygen atoms in total. The highest BCUT2D eigenvalue weighted by Crippen LogP contribution is 2.08. The summed E-state index contributed by atoms with van der Waals surface area (Å²) in [6.07, 6.45) is 2.42. The number of halogens is 2. The Balaban J connectivity index is 2.31. The van der Waals surface area contributed by atoms with Gasteiger partial charge in [-0.05, 0) is 30.5 Å². The molecule has 3 N–H and O–H groups in total. The summed E-state index contributed by atoms with van der Waals surface area (Å²) in [6, 6.07) is 3.22. The first-order chi connectivity index (χ1) is 9.01. The smallest absolute Gasteiger partial charge is 0.221 e. The van der Waals surface area contributed by atoms with E-state index in [1.54, 1.807) is 0 Å². The summed E-state index contributed by atoms with van der Waals surface area (Å²) < 4.78 is 25.9. The number of hydrogen-bond donors (Lipinski definition) is 2. The topological polar surface area (TPSA) is 55.1 Å². The van der Waals surface area contributed by atoms with Crippen molar-refractivity contribution in [2.45, 2.75) is 38.6 Å². The van der Waals surface area contributed by atoms with Crippen LogP contribution in [0, 0.1) is 11.6 Å². The van der Waals surface area contributed by atoms with E-state index in [-0.39, 0.29) is 18.4 Å². The normalized spacial score (nSPS) is 12.2. The lowest BCUT2D eigenvalue weighted by Gasteiger charge is -2.10. The Bertz CT molecular complexity index is 404. The summed E-state index contributed by atoms with van der Waals surface area (Å²) in [5, 5.41) is 2.70. The largest absolute Gasteiger partial charge is 0.356 e. The van der Waals surface area contributed by atoms with Gasteiger partial charge < -0.3 is 11.1 Å². The predicted molar refractivity (Wildman–Crippen MR) is 70.6 cm³/mol. The number of amides is 1. The van der Waals surface area contributed by atoms with Gasteiger partial charge >= 0.3 is 0 Å². The molecule has 0 spiro atoms. The number of nitrogens with two attached hydrogens (primary N) is 1. The van der Waals surface area contributed by atoms with Gasteiger partial charge in [-0.1, -0.05) is 13.3 Å². The number of nitrogens with one attached hydrogen (secondary N) is 1. The highest BCUT2D eigenvalue weighted by Gasteiger charge is 2.08. The first-order valence-corrected chi connectivity index (χ1v) is 6.48. The van der Waals surface area contributed by atoms with E-state index in [1.807, 2.05) is 6.92 Å². The number of benzene rings is 1. The van der Waals surface area contributed by atoms with Crippen molar-refractivity contribution in [3.63, 3.8) is 0 Å². The molecule has 0 saturated heterocycles. The third-order valence-corrected chi connectivity index (χ3v) is 2.77. The van der Waals surface area contributed by atoms with Gasteiger partial charge in [0.15, 0.2) is 0 Å². The number of rotatable bonds is 7. The number of hydrogen-bond acceptors (Lipinski definition) is 2. The van der Waals surface area contributed by atoms with E-state index in [9.17, 15) is 13.6 Å². The highest BCUT2D eigenvalue weighted by atomic mass is 19.1. The molecule has 0 saturated carbocycles. The van der Waals surface area contributed by atoms with E-state index in [0.29, 0.717) is 18.5 Å². The van der Waals surface area contributed by atoms with E-state index in [4.69, 9.17) is 5.73 Å². The van der Waals surface area contributed by atoms with E-state index in [1.165, 1.54) is 12.1 Å². The lowest BCUT2D eigenvalue weighted by Crippen LogP contribution is -2.32. The van der Waals surface area contributed by atoms with Gasteiger partial charge in [-0.25, -0.2) is 8.78 Å². The maximum Gasteiger partial charge on any atom is 0.221 e. The van der Waals surface area contributed by atoms with Crippen molar-refractivity contribution in [2.24, 2.45) is 5.73 Å². The maximum absolute atomic E-state index is 12.9. The molecule has 106 valence electrons. The molecular weight excluding hydrogens is 250 g/mol. The van der Waals surface area contributed by atoms with Crippen LogP contribution in [-0.2, 0) is 11.2 Å². The Kier molecular flexibility index (Phi) is 6.42. The van der Waals surface area contributed by atoms with Gasteiger partial charge in [-0.3, -0.25) is 4.79 Å². The first kappa shape index (κ1) is 15.6. The summed E-state index contributed by atoms with van der Waals surface area (Å²) >= 11 is 0. The minimum atomic E-state index is -0.605. The highest BCUT2D eigenvalue weighted by molar-refractivity contribution is 5.76. The van der Waals surface area contributed by atoms with Crippen LogP contribution in [-0.4, -0.2) is 18.5 Å². The summed E-state index contributed by atoms with van der Waals surface area (Å²) in [6.45, 7) is 2.36. The van der Waals surface area contributed by atoms with Crippen LogP contribution in [0.4, 0.5) is 8.78 Å². The molecule has 1 atom stereocenters. The molecule has 1 amide bonds. The van der Waals surface area contributed by atoms with Crippen LogP contribution in [0.3, 0.4) is 0 Å². The molecule has 19 heavy (non-hydrogen) atoms. The van der Waals surface area contributed by atoms with Crippen molar-refractivity contribution < 1.29 is 13.6 Å². The fraction of sp³-hybridized carbons (Fsp3) is 0.500. The molecular formula is C14H20F2N2O. The lowest BCUT2D eigenvalue weighted by molar-refractivity contribution is -0.121. The fourth-order valence-corrected chi connectivity index (χ4v) is 1.88. The van der Waals surface area contributed by atoms with Crippen molar-refractivity contribution in [3.05, 3.63) is 35.4 Å². The molecule has 5 heteroatoms. The van der Waals surface area contributed by atoms with Crippen LogP contribution in [0.5, 0.6) is 0 Å². The molecule has 0 aliphatic heterocycles. The second-order valence-corrected chi connectivity index (χ2v) is 4.63. The minimum absolute atomic E-state index is 0.127. The third kappa shape index (κ3) is 6.29. The molecule has 1 aromatic rings. The van der Waals surface area contributed by atoms with Crippen molar-refractivity contribution >= 4 is 5.91 Å². The summed E-state index contributed by atoms with van der Waals surface area (Å²) in [7, 11) is 0. The van der Waals surface area contributed by atoms with Gasteiger partial charge in [-0.2, -0.15) is 0 Å². The molecule has 0 bridgehead atoms. The van der Waals surface area contributed by atoms with Crippen molar-refractivity contribution in [1.82, 2.24) is 5.32 Å². The monoisotopic (exact) mass is 270 g/mol. The van der Waals surface area contributed by atoms with E-state index < -0.39 is 11.6 Å². The average molecular weight is 270 g/mol. The molecule has 0 aliphatic rings. The van der Waals surface area contributed by atoms with Crippen molar-refractivity contribution in [2.75, 3.05) is 6.54 Å². The summed E-state index contributed by atoms with van der Waals surface area (Å²) in [5.74, 6) is -1.34. The Morgan fingerprint density at radius 2 is 1.95 bits per heavy atom. The molecule has 0 heterocycles. The first-order valence-electron chi connectivity index (χ1n) is 6.48. The Hall–Kier alpha value is -1.49. The van der Waals surface area contributed by atoms with Crippen LogP contribution in [0.15, 0.2) is 18.2 Å². The van der Waals surface area contributed by atoms with Crippen LogP contribution < -0.4 is 11.1 Å². The van der Waals surface area contributed by atoms with Crippen LogP contribution in [0.25, 0.3) is 0 Å². The van der Waals surface area contributed by atoms with Gasteiger partial charge in [0.25, 0.3) is 0 Å². The lowest BCUT2D eigenvalue weighted by atomic mass is 10.1. The van der Waals surface area contributed by atoms with Crippen LogP contribution >= 0.6 is 0 Å². The van der Waals surface area contributed by atoms with Gasteiger partial charge in [0.05, 0.1) is 0 Å². The second kappa shape index (κ2) is 7.84. The summed E-state index contributed by atoms with van der Waals surface area (Å²) in [5.41, 5.74) is 6.27. The SMILES string of the molecule is CCCC(N)CC(=O)NCCc1cc(F)cc(F)c1. The van der Waals surface area contributed by atoms with Gasteiger partial charge in [0.1, 0.15) is 11.6 Å².